The quantitative estimate of drug-likeness (QED) is 0.462. The first-order valence-corrected chi connectivity index (χ1v) is 5.63. The van der Waals surface area contributed by atoms with Gasteiger partial charge in [0.25, 0.3) is 5.95 Å². The van der Waals surface area contributed by atoms with Crippen molar-refractivity contribution in [1.29, 1.82) is 0 Å². The number of allylic oxidation sites excluding steroid dienone is 1. The number of epoxide rings is 1. The molecule has 0 amide bonds. The first-order chi connectivity index (χ1) is 5.85. The van der Waals surface area contributed by atoms with Crippen LogP contribution in [0.5, 0.6) is 0 Å². The summed E-state index contributed by atoms with van der Waals surface area (Å²) in [6, 6.07) is 0. The van der Waals surface area contributed by atoms with Crippen molar-refractivity contribution in [3.8, 4) is 0 Å². The van der Waals surface area contributed by atoms with Crippen molar-refractivity contribution >= 4 is 43.5 Å². The fourth-order valence-electron chi connectivity index (χ4n) is 0.384. The van der Waals surface area contributed by atoms with E-state index in [-0.39, 0.29) is 0 Å². The molecule has 1 fully saturated rings. The van der Waals surface area contributed by atoms with Gasteiger partial charge in [0, 0.05) is 6.08 Å². The molecule has 0 radical (unpaired) electrons. The monoisotopic (exact) mass is 336 g/mol. The number of ether oxygens (including phenoxy) is 1. The second-order valence-electron chi connectivity index (χ2n) is 2.57. The van der Waals surface area contributed by atoms with Crippen molar-refractivity contribution in [3.05, 3.63) is 12.0 Å². The molecular weight excluding hydrogens is 327 g/mol. The highest BCUT2D eigenvalue weighted by Gasteiger charge is 2.19. The fraction of sp³-hybridized carbons (Fsp3) is 0.714. The molecule has 2 N–H and O–H groups in total. The Morgan fingerprint density at radius 1 is 1.69 bits per heavy atom. The molecule has 1 rings (SSSR count). The lowest BCUT2D eigenvalue weighted by molar-refractivity contribution is 0.189. The highest BCUT2D eigenvalue weighted by atomic mass is 79.9. The Morgan fingerprint density at radius 2 is 2.15 bits per heavy atom. The van der Waals surface area contributed by atoms with E-state index < -0.39 is 9.18 Å². The minimum atomic E-state index is -0.693. The van der Waals surface area contributed by atoms with Crippen LogP contribution in [-0.2, 0) is 4.74 Å². The number of rotatable bonds is 2. The van der Waals surface area contributed by atoms with Crippen molar-refractivity contribution in [3.63, 3.8) is 0 Å². The lowest BCUT2D eigenvalue weighted by Crippen LogP contribution is -1.99. The van der Waals surface area contributed by atoms with Gasteiger partial charge in [-0.15, -0.1) is 11.6 Å². The van der Waals surface area contributed by atoms with Gasteiger partial charge in [0.05, 0.1) is 18.6 Å². The molecule has 1 aliphatic rings. The van der Waals surface area contributed by atoms with E-state index in [9.17, 15) is 0 Å². The predicted molar refractivity (Wildman–Crippen MR) is 60.1 cm³/mol. The molecular formula is C7H11Br2ClO3. The summed E-state index contributed by atoms with van der Waals surface area (Å²) in [5.41, 5.74) is 0. The molecule has 3 nitrogen and oxygen atoms in total. The summed E-state index contributed by atoms with van der Waals surface area (Å²) >= 11 is 11.5. The smallest absolute Gasteiger partial charge is 0.272 e. The lowest BCUT2D eigenvalue weighted by Gasteiger charge is -2.04. The number of hydrogen-bond donors (Lipinski definition) is 2. The normalized spacial score (nSPS) is 19.8. The number of halogens is 3. The summed E-state index contributed by atoms with van der Waals surface area (Å²) < 4.78 is 4.21. The summed E-state index contributed by atoms with van der Waals surface area (Å²) in [7, 11) is 0. The third-order valence-corrected chi connectivity index (χ3v) is 1.76. The Labute approximate surface area is 99.0 Å². The second-order valence-corrected chi connectivity index (χ2v) is 7.24. The maximum atomic E-state index is 8.24. The van der Waals surface area contributed by atoms with E-state index in [4.69, 9.17) is 26.6 Å². The Bertz CT molecular complexity index is 171. The van der Waals surface area contributed by atoms with Gasteiger partial charge in [0.15, 0.2) is 0 Å². The molecule has 0 aromatic carbocycles. The van der Waals surface area contributed by atoms with Gasteiger partial charge in [-0.25, -0.2) is 0 Å². The predicted octanol–water partition coefficient (Wildman–Crippen LogP) is 3.07. The molecule has 78 valence electrons. The minimum absolute atomic E-state index is 0.400. The molecule has 0 bridgehead atoms. The molecule has 1 saturated heterocycles. The van der Waals surface area contributed by atoms with E-state index in [1.165, 1.54) is 6.08 Å². The Kier molecular flexibility index (Phi) is 6.37. The van der Waals surface area contributed by atoms with Crippen LogP contribution < -0.4 is 0 Å². The van der Waals surface area contributed by atoms with E-state index in [1.54, 1.807) is 6.92 Å². The summed E-state index contributed by atoms with van der Waals surface area (Å²) in [6.45, 7) is 2.60. The molecule has 1 aliphatic heterocycles. The molecule has 13 heavy (non-hydrogen) atoms. The van der Waals surface area contributed by atoms with E-state index >= 15 is 0 Å². The maximum absolute atomic E-state index is 8.24. The van der Waals surface area contributed by atoms with Crippen LogP contribution in [0.2, 0.25) is 0 Å². The summed E-state index contributed by atoms with van der Waals surface area (Å²) in [4.78, 5) is 0. The summed E-state index contributed by atoms with van der Waals surface area (Å²) in [5, 5.41) is 16.5. The van der Waals surface area contributed by atoms with E-state index in [0.717, 1.165) is 6.61 Å². The summed E-state index contributed by atoms with van der Waals surface area (Å²) in [5.74, 6) is -0.0266. The molecule has 0 spiro atoms. The van der Waals surface area contributed by atoms with Crippen LogP contribution in [0.15, 0.2) is 12.0 Å². The van der Waals surface area contributed by atoms with Gasteiger partial charge in [0.2, 0.25) is 0 Å². The van der Waals surface area contributed by atoms with Crippen molar-refractivity contribution < 1.29 is 14.9 Å². The number of aliphatic hydroxyl groups is 2. The van der Waals surface area contributed by atoms with Gasteiger partial charge in [-0.2, -0.15) is 0 Å². The van der Waals surface area contributed by atoms with E-state index in [1.807, 2.05) is 0 Å². The van der Waals surface area contributed by atoms with Gasteiger partial charge >= 0.3 is 0 Å². The van der Waals surface area contributed by atoms with Crippen LogP contribution in [0, 0.1) is 0 Å². The lowest BCUT2D eigenvalue weighted by atomic mass is 10.5. The van der Waals surface area contributed by atoms with Crippen LogP contribution in [0.3, 0.4) is 0 Å². The zero-order chi connectivity index (χ0) is 10.5. The Morgan fingerprint density at radius 3 is 2.15 bits per heavy atom. The highest BCUT2D eigenvalue weighted by molar-refractivity contribution is 9.25. The van der Waals surface area contributed by atoms with E-state index in [2.05, 4.69) is 31.9 Å². The van der Waals surface area contributed by atoms with Crippen LogP contribution >= 0.6 is 43.5 Å². The Balaban J connectivity index is 0.000000243. The average Bonchev–Trinajstić information content (AvgIpc) is 2.62. The zero-order valence-electron chi connectivity index (χ0n) is 7.01. The SMILES string of the molecule is CC(Br)(Br)C=C(O)O.ClCC1CO1. The van der Waals surface area contributed by atoms with Crippen LogP contribution in [0.4, 0.5) is 0 Å². The van der Waals surface area contributed by atoms with Gasteiger partial charge in [0.1, 0.15) is 3.23 Å². The average molecular weight is 338 g/mol. The third-order valence-electron chi connectivity index (χ3n) is 0.957. The van der Waals surface area contributed by atoms with Crippen molar-refractivity contribution in [2.75, 3.05) is 12.5 Å². The molecule has 1 unspecified atom stereocenters. The van der Waals surface area contributed by atoms with Gasteiger partial charge in [-0.05, 0) is 6.92 Å². The highest BCUT2D eigenvalue weighted by Crippen LogP contribution is 2.26. The second kappa shape index (κ2) is 6.11. The van der Waals surface area contributed by atoms with Gasteiger partial charge in [-0.1, -0.05) is 31.9 Å². The van der Waals surface area contributed by atoms with Crippen LogP contribution in [-0.4, -0.2) is 32.0 Å². The largest absolute Gasteiger partial charge is 0.481 e. The van der Waals surface area contributed by atoms with Gasteiger partial charge < -0.3 is 14.9 Å². The molecule has 6 heteroatoms. The third kappa shape index (κ3) is 12.5. The maximum Gasteiger partial charge on any atom is 0.272 e. The van der Waals surface area contributed by atoms with Crippen molar-refractivity contribution in [2.24, 2.45) is 0 Å². The van der Waals surface area contributed by atoms with Crippen LogP contribution in [0.1, 0.15) is 6.92 Å². The van der Waals surface area contributed by atoms with Crippen LogP contribution in [0.25, 0.3) is 0 Å². The zero-order valence-corrected chi connectivity index (χ0v) is 10.9. The molecule has 1 heterocycles. The molecule has 0 aliphatic carbocycles. The number of alkyl halides is 3. The topological polar surface area (TPSA) is 53.0 Å². The first kappa shape index (κ1) is 13.5. The fourth-order valence-corrected chi connectivity index (χ4v) is 0.971. The molecule has 0 aromatic heterocycles. The first-order valence-electron chi connectivity index (χ1n) is 3.51. The van der Waals surface area contributed by atoms with Crippen molar-refractivity contribution in [2.45, 2.75) is 16.3 Å². The van der Waals surface area contributed by atoms with Gasteiger partial charge in [-0.3, -0.25) is 0 Å². The molecule has 0 aromatic rings. The Hall–Kier alpha value is 0.550. The van der Waals surface area contributed by atoms with E-state index in [0.29, 0.717) is 12.0 Å². The summed E-state index contributed by atoms with van der Waals surface area (Å²) in [6.07, 6.45) is 1.61. The minimum Gasteiger partial charge on any atom is -0.481 e. The standard InChI is InChI=1S/C4H6Br2O2.C3H5ClO/c1-4(5,6)2-3(7)8;4-1-3-2-5-3/h2,7-8H,1H3;3H,1-2H2. The molecule has 1 atom stereocenters. The van der Waals surface area contributed by atoms with Crippen molar-refractivity contribution in [1.82, 2.24) is 0 Å². The number of aliphatic hydroxyl groups excluding tert-OH is 1. The molecule has 0 saturated carbocycles. The number of hydrogen-bond acceptors (Lipinski definition) is 3.